The summed E-state index contributed by atoms with van der Waals surface area (Å²) < 4.78 is 10.4. The topological polar surface area (TPSA) is 61.3 Å². The lowest BCUT2D eigenvalue weighted by Crippen LogP contribution is -2.26. The number of aryl methyl sites for hydroxylation is 1. The van der Waals surface area contributed by atoms with Crippen LogP contribution in [-0.4, -0.2) is 28.6 Å². The minimum absolute atomic E-state index is 0.328. The first kappa shape index (κ1) is 13.3. The van der Waals surface area contributed by atoms with E-state index in [-0.39, 0.29) is 0 Å². The molecular weight excluding hydrogens is 244 g/mol. The molecule has 1 heterocycles. The molecule has 0 saturated heterocycles. The van der Waals surface area contributed by atoms with Crippen molar-refractivity contribution in [3.63, 3.8) is 0 Å². The molecule has 0 N–H and O–H groups in total. The summed E-state index contributed by atoms with van der Waals surface area (Å²) in [6.07, 6.45) is -0.700. The molecule has 0 bridgehead atoms. The van der Waals surface area contributed by atoms with Crippen molar-refractivity contribution in [1.29, 1.82) is 0 Å². The van der Waals surface area contributed by atoms with Gasteiger partial charge in [-0.2, -0.15) is 0 Å². The van der Waals surface area contributed by atoms with Crippen LogP contribution in [0.25, 0.3) is 11.0 Å². The van der Waals surface area contributed by atoms with Gasteiger partial charge < -0.3 is 9.47 Å². The second-order valence-electron chi connectivity index (χ2n) is 4.12. The Morgan fingerprint density at radius 2 is 1.89 bits per heavy atom. The number of nitrogens with zero attached hydrogens (tertiary/aromatic N) is 2. The van der Waals surface area contributed by atoms with Crippen LogP contribution in [0.5, 0.6) is 5.88 Å². The maximum absolute atomic E-state index is 11.5. The molecule has 0 aliphatic rings. The van der Waals surface area contributed by atoms with E-state index in [9.17, 15) is 4.79 Å². The SMILES string of the molecule is CCOC(=O)C(C)Oc1nc2ccccc2nc1C. The lowest BCUT2D eigenvalue weighted by atomic mass is 10.3. The Bertz CT molecular complexity index is 598. The van der Waals surface area contributed by atoms with E-state index < -0.39 is 12.1 Å². The van der Waals surface area contributed by atoms with Crippen molar-refractivity contribution in [3.8, 4) is 5.88 Å². The average Bonchev–Trinajstić information content (AvgIpc) is 2.39. The number of ether oxygens (including phenoxy) is 2. The van der Waals surface area contributed by atoms with E-state index in [0.29, 0.717) is 18.2 Å². The van der Waals surface area contributed by atoms with E-state index >= 15 is 0 Å². The molecule has 0 spiro atoms. The molecule has 0 aliphatic heterocycles. The Labute approximate surface area is 111 Å². The maximum Gasteiger partial charge on any atom is 0.347 e. The highest BCUT2D eigenvalue weighted by atomic mass is 16.6. The van der Waals surface area contributed by atoms with Gasteiger partial charge in [0.25, 0.3) is 0 Å². The molecule has 2 aromatic rings. The summed E-state index contributed by atoms with van der Waals surface area (Å²) in [6.45, 7) is 5.52. The summed E-state index contributed by atoms with van der Waals surface area (Å²) in [5.74, 6) is -0.0453. The maximum atomic E-state index is 11.5. The average molecular weight is 260 g/mol. The molecule has 5 nitrogen and oxygen atoms in total. The third kappa shape index (κ3) is 2.99. The van der Waals surface area contributed by atoms with Crippen molar-refractivity contribution in [3.05, 3.63) is 30.0 Å². The summed E-state index contributed by atoms with van der Waals surface area (Å²) in [5, 5.41) is 0. The first-order chi connectivity index (χ1) is 9.11. The quantitative estimate of drug-likeness (QED) is 0.789. The second kappa shape index (κ2) is 5.65. The molecule has 0 amide bonds. The van der Waals surface area contributed by atoms with Crippen molar-refractivity contribution in [2.45, 2.75) is 26.9 Å². The van der Waals surface area contributed by atoms with Gasteiger partial charge in [-0.15, -0.1) is 0 Å². The van der Waals surface area contributed by atoms with E-state index in [2.05, 4.69) is 9.97 Å². The van der Waals surface area contributed by atoms with Crippen molar-refractivity contribution >= 4 is 17.0 Å². The minimum atomic E-state index is -0.700. The van der Waals surface area contributed by atoms with E-state index in [1.807, 2.05) is 24.3 Å². The Balaban J connectivity index is 2.25. The predicted molar refractivity (Wildman–Crippen MR) is 71.0 cm³/mol. The molecule has 1 unspecified atom stereocenters. The summed E-state index contributed by atoms with van der Waals surface area (Å²) in [6, 6.07) is 7.51. The van der Waals surface area contributed by atoms with Gasteiger partial charge in [0.15, 0.2) is 6.10 Å². The molecule has 5 heteroatoms. The molecule has 100 valence electrons. The molecule has 1 aromatic heterocycles. The van der Waals surface area contributed by atoms with Crippen molar-refractivity contribution in [2.24, 2.45) is 0 Å². The lowest BCUT2D eigenvalue weighted by Gasteiger charge is -2.14. The van der Waals surface area contributed by atoms with Gasteiger partial charge >= 0.3 is 5.97 Å². The molecule has 0 radical (unpaired) electrons. The highest BCUT2D eigenvalue weighted by Crippen LogP contribution is 2.19. The Kier molecular flexibility index (Phi) is 3.94. The molecule has 0 saturated carbocycles. The minimum Gasteiger partial charge on any atom is -0.463 e. The number of para-hydroxylation sites is 2. The zero-order chi connectivity index (χ0) is 13.8. The first-order valence-electron chi connectivity index (χ1n) is 6.18. The fourth-order valence-corrected chi connectivity index (χ4v) is 1.66. The summed E-state index contributed by atoms with van der Waals surface area (Å²) in [4.78, 5) is 20.3. The Morgan fingerprint density at radius 1 is 1.26 bits per heavy atom. The molecule has 0 fully saturated rings. The van der Waals surface area contributed by atoms with E-state index in [1.54, 1.807) is 20.8 Å². The molecular formula is C14H16N2O3. The summed E-state index contributed by atoms with van der Waals surface area (Å²) in [5.41, 5.74) is 2.19. The van der Waals surface area contributed by atoms with Crippen LogP contribution in [0.15, 0.2) is 24.3 Å². The molecule has 2 rings (SSSR count). The van der Waals surface area contributed by atoms with Gasteiger partial charge in [0, 0.05) is 0 Å². The largest absolute Gasteiger partial charge is 0.463 e. The fraction of sp³-hybridized carbons (Fsp3) is 0.357. The molecule has 0 aliphatic carbocycles. The zero-order valence-electron chi connectivity index (χ0n) is 11.2. The standard InChI is InChI=1S/C14H16N2O3/c1-4-18-14(17)10(3)19-13-9(2)15-11-7-5-6-8-12(11)16-13/h5-8,10H,4H2,1-3H3. The first-order valence-corrected chi connectivity index (χ1v) is 6.18. The van der Waals surface area contributed by atoms with Gasteiger partial charge in [-0.05, 0) is 32.9 Å². The van der Waals surface area contributed by atoms with E-state index in [1.165, 1.54) is 0 Å². The second-order valence-corrected chi connectivity index (χ2v) is 4.12. The van der Waals surface area contributed by atoms with Crippen LogP contribution in [0, 0.1) is 6.92 Å². The zero-order valence-corrected chi connectivity index (χ0v) is 11.2. The Morgan fingerprint density at radius 3 is 2.53 bits per heavy atom. The van der Waals surface area contributed by atoms with Crippen LogP contribution in [0.1, 0.15) is 19.5 Å². The number of benzene rings is 1. The lowest BCUT2D eigenvalue weighted by molar-refractivity contribution is -0.150. The summed E-state index contributed by atoms with van der Waals surface area (Å²) in [7, 11) is 0. The molecule has 1 aromatic carbocycles. The van der Waals surface area contributed by atoms with Gasteiger partial charge in [0.2, 0.25) is 5.88 Å². The van der Waals surface area contributed by atoms with E-state index in [0.717, 1.165) is 11.0 Å². The predicted octanol–water partition coefficient (Wildman–Crippen LogP) is 2.27. The number of fused-ring (bicyclic) bond motifs is 1. The molecule has 1 atom stereocenters. The smallest absolute Gasteiger partial charge is 0.347 e. The fourth-order valence-electron chi connectivity index (χ4n) is 1.66. The van der Waals surface area contributed by atoms with Gasteiger partial charge in [0.1, 0.15) is 5.69 Å². The van der Waals surface area contributed by atoms with Gasteiger partial charge in [0.05, 0.1) is 17.6 Å². The number of aromatic nitrogens is 2. The summed E-state index contributed by atoms with van der Waals surface area (Å²) >= 11 is 0. The normalized spacial score (nSPS) is 12.2. The van der Waals surface area contributed by atoms with Crippen molar-refractivity contribution < 1.29 is 14.3 Å². The third-order valence-corrected chi connectivity index (χ3v) is 2.61. The van der Waals surface area contributed by atoms with Crippen LogP contribution < -0.4 is 4.74 Å². The third-order valence-electron chi connectivity index (χ3n) is 2.61. The number of carbonyl (C=O) groups is 1. The monoisotopic (exact) mass is 260 g/mol. The van der Waals surface area contributed by atoms with Crippen molar-refractivity contribution in [1.82, 2.24) is 9.97 Å². The number of hydrogen-bond donors (Lipinski definition) is 0. The number of carbonyl (C=O) groups excluding carboxylic acids is 1. The number of hydrogen-bond acceptors (Lipinski definition) is 5. The van der Waals surface area contributed by atoms with Gasteiger partial charge in [-0.3, -0.25) is 0 Å². The van der Waals surface area contributed by atoms with Gasteiger partial charge in [-0.1, -0.05) is 12.1 Å². The highest BCUT2D eigenvalue weighted by Gasteiger charge is 2.18. The number of esters is 1. The van der Waals surface area contributed by atoms with Gasteiger partial charge in [-0.25, -0.2) is 14.8 Å². The van der Waals surface area contributed by atoms with Crippen molar-refractivity contribution in [2.75, 3.05) is 6.61 Å². The van der Waals surface area contributed by atoms with Crippen LogP contribution in [0.2, 0.25) is 0 Å². The van der Waals surface area contributed by atoms with Crippen LogP contribution in [0.3, 0.4) is 0 Å². The van der Waals surface area contributed by atoms with E-state index in [4.69, 9.17) is 9.47 Å². The van der Waals surface area contributed by atoms with Crippen LogP contribution in [-0.2, 0) is 9.53 Å². The Hall–Kier alpha value is -2.17. The van der Waals surface area contributed by atoms with Crippen LogP contribution >= 0.6 is 0 Å². The highest BCUT2D eigenvalue weighted by molar-refractivity contribution is 5.76. The number of rotatable bonds is 4. The molecule has 19 heavy (non-hydrogen) atoms. The van der Waals surface area contributed by atoms with Crippen LogP contribution in [0.4, 0.5) is 0 Å².